The number of hydrogen-bond donors (Lipinski definition) is 2. The van der Waals surface area contributed by atoms with E-state index in [0.29, 0.717) is 22.3 Å². The first-order chi connectivity index (χ1) is 10.9. The third-order valence-corrected chi connectivity index (χ3v) is 4.72. The SMILES string of the molecule is CCCN(CC(=O)Nc1ccc(Cl)cc1Cl)CC1(C)CCNC1. The van der Waals surface area contributed by atoms with Gasteiger partial charge in [-0.05, 0) is 49.5 Å². The molecule has 4 nitrogen and oxygen atoms in total. The first-order valence-electron chi connectivity index (χ1n) is 8.10. The molecule has 1 fully saturated rings. The fourth-order valence-corrected chi connectivity index (χ4v) is 3.51. The molecule has 0 saturated carbocycles. The zero-order chi connectivity index (χ0) is 16.9. The molecule has 6 heteroatoms. The molecule has 1 atom stereocenters. The highest BCUT2D eigenvalue weighted by molar-refractivity contribution is 6.36. The zero-order valence-corrected chi connectivity index (χ0v) is 15.3. The van der Waals surface area contributed by atoms with Gasteiger partial charge in [-0.1, -0.05) is 37.0 Å². The summed E-state index contributed by atoms with van der Waals surface area (Å²) < 4.78 is 0. The summed E-state index contributed by atoms with van der Waals surface area (Å²) in [5.74, 6) is -0.0442. The lowest BCUT2D eigenvalue weighted by molar-refractivity contribution is -0.117. The van der Waals surface area contributed by atoms with Crippen molar-refractivity contribution < 1.29 is 4.79 Å². The first kappa shape index (κ1) is 18.5. The number of carbonyl (C=O) groups excluding carboxylic acids is 1. The number of hydrogen-bond acceptors (Lipinski definition) is 3. The number of carbonyl (C=O) groups is 1. The summed E-state index contributed by atoms with van der Waals surface area (Å²) in [6.07, 6.45) is 2.18. The van der Waals surface area contributed by atoms with Gasteiger partial charge in [-0.25, -0.2) is 0 Å². The lowest BCUT2D eigenvalue weighted by Gasteiger charge is -2.31. The third kappa shape index (κ3) is 5.64. The monoisotopic (exact) mass is 357 g/mol. The van der Waals surface area contributed by atoms with E-state index in [0.717, 1.165) is 39.0 Å². The third-order valence-electron chi connectivity index (χ3n) is 4.17. The quantitative estimate of drug-likeness (QED) is 0.782. The Morgan fingerprint density at radius 1 is 1.43 bits per heavy atom. The van der Waals surface area contributed by atoms with E-state index in [2.05, 4.69) is 29.4 Å². The maximum Gasteiger partial charge on any atom is 0.238 e. The second kappa shape index (κ2) is 8.34. The van der Waals surface area contributed by atoms with Crippen molar-refractivity contribution in [3.63, 3.8) is 0 Å². The number of halogens is 2. The van der Waals surface area contributed by atoms with Crippen molar-refractivity contribution in [1.29, 1.82) is 0 Å². The predicted octanol–water partition coefficient (Wildman–Crippen LogP) is 3.64. The topological polar surface area (TPSA) is 44.4 Å². The van der Waals surface area contributed by atoms with Crippen molar-refractivity contribution in [3.05, 3.63) is 28.2 Å². The van der Waals surface area contributed by atoms with Gasteiger partial charge in [-0.2, -0.15) is 0 Å². The Bertz CT molecular complexity index is 545. The molecule has 0 aliphatic carbocycles. The van der Waals surface area contributed by atoms with Gasteiger partial charge >= 0.3 is 0 Å². The minimum atomic E-state index is -0.0442. The summed E-state index contributed by atoms with van der Waals surface area (Å²) in [5.41, 5.74) is 0.846. The van der Waals surface area contributed by atoms with E-state index in [1.807, 2.05) is 0 Å². The maximum atomic E-state index is 12.4. The highest BCUT2D eigenvalue weighted by Crippen LogP contribution is 2.27. The van der Waals surface area contributed by atoms with Crippen molar-refractivity contribution >= 4 is 34.8 Å². The van der Waals surface area contributed by atoms with E-state index < -0.39 is 0 Å². The summed E-state index contributed by atoms with van der Waals surface area (Å²) >= 11 is 12.0. The Morgan fingerprint density at radius 3 is 2.83 bits per heavy atom. The van der Waals surface area contributed by atoms with E-state index in [1.165, 1.54) is 0 Å². The summed E-state index contributed by atoms with van der Waals surface area (Å²) in [5, 5.41) is 7.30. The fraction of sp³-hybridized carbons (Fsp3) is 0.588. The van der Waals surface area contributed by atoms with Crippen molar-refractivity contribution in [2.24, 2.45) is 5.41 Å². The molecule has 1 saturated heterocycles. The van der Waals surface area contributed by atoms with Gasteiger partial charge in [-0.3, -0.25) is 9.69 Å². The highest BCUT2D eigenvalue weighted by Gasteiger charge is 2.31. The number of rotatable bonds is 7. The average Bonchev–Trinajstić information content (AvgIpc) is 2.88. The van der Waals surface area contributed by atoms with Crippen LogP contribution in [-0.2, 0) is 4.79 Å². The molecule has 2 N–H and O–H groups in total. The summed E-state index contributed by atoms with van der Waals surface area (Å²) in [6.45, 7) is 8.70. The minimum Gasteiger partial charge on any atom is -0.324 e. The summed E-state index contributed by atoms with van der Waals surface area (Å²) in [7, 11) is 0. The molecule has 1 aliphatic rings. The highest BCUT2D eigenvalue weighted by atomic mass is 35.5. The largest absolute Gasteiger partial charge is 0.324 e. The molecule has 1 unspecified atom stereocenters. The van der Waals surface area contributed by atoms with Crippen LogP contribution in [0.5, 0.6) is 0 Å². The van der Waals surface area contributed by atoms with Crippen LogP contribution in [0.3, 0.4) is 0 Å². The van der Waals surface area contributed by atoms with Crippen LogP contribution < -0.4 is 10.6 Å². The summed E-state index contributed by atoms with van der Waals surface area (Å²) in [6, 6.07) is 5.08. The van der Waals surface area contributed by atoms with E-state index in [1.54, 1.807) is 18.2 Å². The van der Waals surface area contributed by atoms with Gasteiger partial charge in [0.15, 0.2) is 0 Å². The second-order valence-electron chi connectivity index (χ2n) is 6.62. The van der Waals surface area contributed by atoms with Crippen LogP contribution in [0, 0.1) is 5.41 Å². The minimum absolute atomic E-state index is 0.0442. The van der Waals surface area contributed by atoms with E-state index in [-0.39, 0.29) is 11.3 Å². The smallest absolute Gasteiger partial charge is 0.238 e. The second-order valence-corrected chi connectivity index (χ2v) is 7.46. The Labute approximate surface area is 148 Å². The lowest BCUT2D eigenvalue weighted by Crippen LogP contribution is -2.41. The van der Waals surface area contributed by atoms with Crippen LogP contribution in [0.2, 0.25) is 10.0 Å². The average molecular weight is 358 g/mol. The molecule has 128 valence electrons. The molecule has 1 amide bonds. The van der Waals surface area contributed by atoms with Gasteiger partial charge in [0.25, 0.3) is 0 Å². The molecule has 0 bridgehead atoms. The molecular weight excluding hydrogens is 333 g/mol. The molecule has 0 spiro atoms. The standard InChI is InChI=1S/C17H25Cl2N3O/c1-3-8-22(12-17(2)6-7-20-11-17)10-16(23)21-15-5-4-13(18)9-14(15)19/h4-5,9,20H,3,6-8,10-12H2,1-2H3,(H,21,23). The van der Waals surface area contributed by atoms with Crippen LogP contribution >= 0.6 is 23.2 Å². The van der Waals surface area contributed by atoms with Gasteiger partial charge in [-0.15, -0.1) is 0 Å². The van der Waals surface area contributed by atoms with Gasteiger partial charge in [0.2, 0.25) is 5.91 Å². The van der Waals surface area contributed by atoms with Gasteiger partial charge in [0.1, 0.15) is 0 Å². The van der Waals surface area contributed by atoms with Gasteiger partial charge in [0.05, 0.1) is 17.3 Å². The number of nitrogens with zero attached hydrogens (tertiary/aromatic N) is 1. The van der Waals surface area contributed by atoms with Crippen LogP contribution in [0.1, 0.15) is 26.7 Å². The van der Waals surface area contributed by atoms with Crippen LogP contribution in [-0.4, -0.2) is 43.5 Å². The number of anilines is 1. The Morgan fingerprint density at radius 2 is 2.22 bits per heavy atom. The molecular formula is C17H25Cl2N3O. The molecule has 2 rings (SSSR count). The number of nitrogens with one attached hydrogen (secondary N) is 2. The van der Waals surface area contributed by atoms with Crippen molar-refractivity contribution in [1.82, 2.24) is 10.2 Å². The van der Waals surface area contributed by atoms with Crippen molar-refractivity contribution in [3.8, 4) is 0 Å². The molecule has 0 aromatic heterocycles. The lowest BCUT2D eigenvalue weighted by atomic mass is 9.89. The number of amides is 1. The van der Waals surface area contributed by atoms with Crippen LogP contribution in [0.15, 0.2) is 18.2 Å². The van der Waals surface area contributed by atoms with Gasteiger partial charge in [0, 0.05) is 18.1 Å². The first-order valence-corrected chi connectivity index (χ1v) is 8.85. The number of benzene rings is 1. The molecule has 0 radical (unpaired) electrons. The zero-order valence-electron chi connectivity index (χ0n) is 13.8. The Kier molecular flexibility index (Phi) is 6.72. The van der Waals surface area contributed by atoms with Crippen molar-refractivity contribution in [2.75, 3.05) is 38.0 Å². The normalized spacial score (nSPS) is 20.9. The molecule has 1 aromatic carbocycles. The fourth-order valence-electron chi connectivity index (χ4n) is 3.06. The molecule has 23 heavy (non-hydrogen) atoms. The van der Waals surface area contributed by atoms with E-state index in [4.69, 9.17) is 23.2 Å². The van der Waals surface area contributed by atoms with Crippen molar-refractivity contribution in [2.45, 2.75) is 26.7 Å². The predicted molar refractivity (Wildman–Crippen MR) is 97.4 cm³/mol. The Balaban J connectivity index is 1.94. The van der Waals surface area contributed by atoms with E-state index in [9.17, 15) is 4.79 Å². The van der Waals surface area contributed by atoms with Crippen LogP contribution in [0.4, 0.5) is 5.69 Å². The van der Waals surface area contributed by atoms with Gasteiger partial charge < -0.3 is 10.6 Å². The molecule has 1 aliphatic heterocycles. The molecule has 1 aromatic rings. The molecule has 1 heterocycles. The van der Waals surface area contributed by atoms with Crippen LogP contribution in [0.25, 0.3) is 0 Å². The Hall–Kier alpha value is -0.810. The summed E-state index contributed by atoms with van der Waals surface area (Å²) in [4.78, 5) is 14.6. The van der Waals surface area contributed by atoms with E-state index >= 15 is 0 Å². The maximum absolute atomic E-state index is 12.4.